The lowest BCUT2D eigenvalue weighted by atomic mass is 10.0. The number of benzene rings is 1. The highest BCUT2D eigenvalue weighted by Gasteiger charge is 2.30. The lowest BCUT2D eigenvalue weighted by Gasteiger charge is -2.14. The molecule has 16 heavy (non-hydrogen) atoms. The fourth-order valence-electron chi connectivity index (χ4n) is 1.20. The van der Waals surface area contributed by atoms with Crippen LogP contribution < -0.4 is 0 Å². The molecule has 0 aromatic heterocycles. The highest BCUT2D eigenvalue weighted by atomic mass is 35.5. The van der Waals surface area contributed by atoms with Crippen LogP contribution in [0.1, 0.15) is 16.5 Å². The van der Waals surface area contributed by atoms with Crippen molar-refractivity contribution in [3.8, 4) is 0 Å². The number of alkyl halides is 4. The lowest BCUT2D eigenvalue weighted by molar-refractivity contribution is -0.137. The second-order valence-corrected chi connectivity index (χ2v) is 4.11. The summed E-state index contributed by atoms with van der Waals surface area (Å²) < 4.78 is 37.3. The fourth-order valence-corrected chi connectivity index (χ4v) is 1.74. The van der Waals surface area contributed by atoms with Crippen LogP contribution in [0.5, 0.6) is 0 Å². The molecular formula is C11H9ClF3Si. The average molecular weight is 262 g/mol. The Morgan fingerprint density at radius 1 is 1.44 bits per heavy atom. The topological polar surface area (TPSA) is 0 Å². The lowest BCUT2D eigenvalue weighted by Crippen LogP contribution is -2.06. The van der Waals surface area contributed by atoms with Gasteiger partial charge >= 0.3 is 6.18 Å². The minimum atomic E-state index is -4.35. The molecule has 85 valence electrons. The number of allylic oxidation sites excluding steroid dienone is 1. The van der Waals surface area contributed by atoms with E-state index < -0.39 is 17.1 Å². The summed E-state index contributed by atoms with van der Waals surface area (Å²) in [6.45, 7) is 3.68. The molecule has 5 heteroatoms. The molecule has 1 atom stereocenters. The summed E-state index contributed by atoms with van der Waals surface area (Å²) in [5, 5.41) is -0.611. The van der Waals surface area contributed by atoms with Gasteiger partial charge in [0, 0.05) is 10.2 Å². The molecule has 0 amide bonds. The van der Waals surface area contributed by atoms with E-state index in [-0.39, 0.29) is 0 Å². The molecule has 0 saturated heterocycles. The Balaban J connectivity index is 3.04. The molecule has 0 aliphatic carbocycles. The summed E-state index contributed by atoms with van der Waals surface area (Å²) in [5.41, 5.74) is 0.329. The van der Waals surface area contributed by atoms with Crippen LogP contribution in [-0.4, -0.2) is 10.2 Å². The van der Waals surface area contributed by atoms with Gasteiger partial charge in [-0.1, -0.05) is 24.3 Å². The van der Waals surface area contributed by atoms with Gasteiger partial charge in [-0.3, -0.25) is 0 Å². The largest absolute Gasteiger partial charge is 0.416 e. The average Bonchev–Trinajstić information content (AvgIpc) is 2.26. The standard InChI is InChI=1S/C11H9ClF3Si/c1-7(6-16)10(12)8-3-2-4-9(5-8)11(13,14)15/h2-5,10H,1,6H2. The van der Waals surface area contributed by atoms with Gasteiger partial charge in [-0.15, -0.1) is 11.6 Å². The van der Waals surface area contributed by atoms with E-state index in [1.165, 1.54) is 6.07 Å². The predicted molar refractivity (Wildman–Crippen MR) is 59.7 cm³/mol. The van der Waals surface area contributed by atoms with Crippen molar-refractivity contribution >= 4 is 21.8 Å². The van der Waals surface area contributed by atoms with Gasteiger partial charge in [-0.2, -0.15) is 13.2 Å². The van der Waals surface area contributed by atoms with Crippen LogP contribution in [0.25, 0.3) is 0 Å². The Morgan fingerprint density at radius 2 is 2.06 bits per heavy atom. The summed E-state index contributed by atoms with van der Waals surface area (Å²) in [6.07, 6.45) is -4.35. The van der Waals surface area contributed by atoms with Crippen molar-refractivity contribution in [1.29, 1.82) is 0 Å². The smallest absolute Gasteiger partial charge is 0.166 e. The fraction of sp³-hybridized carbons (Fsp3) is 0.273. The first-order chi connectivity index (χ1) is 7.36. The number of hydrogen-bond donors (Lipinski definition) is 0. The van der Waals surface area contributed by atoms with E-state index in [1.54, 1.807) is 6.07 Å². The van der Waals surface area contributed by atoms with Gasteiger partial charge in [-0.25, -0.2) is 0 Å². The third-order valence-electron chi connectivity index (χ3n) is 2.09. The van der Waals surface area contributed by atoms with E-state index in [2.05, 4.69) is 16.8 Å². The second-order valence-electron chi connectivity index (χ2n) is 3.32. The monoisotopic (exact) mass is 261 g/mol. The van der Waals surface area contributed by atoms with Gasteiger partial charge < -0.3 is 0 Å². The van der Waals surface area contributed by atoms with Gasteiger partial charge in [0.2, 0.25) is 0 Å². The molecule has 0 nitrogen and oxygen atoms in total. The number of halogens is 4. The molecule has 0 heterocycles. The zero-order chi connectivity index (χ0) is 12.3. The van der Waals surface area contributed by atoms with Crippen molar-refractivity contribution in [3.05, 3.63) is 47.5 Å². The normalized spacial score (nSPS) is 13.6. The van der Waals surface area contributed by atoms with E-state index in [4.69, 9.17) is 11.6 Å². The molecule has 0 spiro atoms. The summed E-state index contributed by atoms with van der Waals surface area (Å²) in [5.74, 6) is 0. The molecule has 0 bridgehead atoms. The highest BCUT2D eigenvalue weighted by Crippen LogP contribution is 2.34. The molecule has 0 saturated carbocycles. The number of rotatable bonds is 3. The quantitative estimate of drug-likeness (QED) is 0.436. The summed E-state index contributed by atoms with van der Waals surface area (Å²) in [4.78, 5) is 0. The van der Waals surface area contributed by atoms with Crippen molar-refractivity contribution in [2.24, 2.45) is 0 Å². The number of hydrogen-bond acceptors (Lipinski definition) is 0. The van der Waals surface area contributed by atoms with Crippen molar-refractivity contribution in [1.82, 2.24) is 0 Å². The molecule has 0 aliphatic rings. The molecule has 1 unspecified atom stereocenters. The molecule has 3 radical (unpaired) electrons. The van der Waals surface area contributed by atoms with E-state index in [0.29, 0.717) is 17.2 Å². The van der Waals surface area contributed by atoms with Crippen molar-refractivity contribution in [2.45, 2.75) is 17.6 Å². The van der Waals surface area contributed by atoms with E-state index in [9.17, 15) is 13.2 Å². The Labute approximate surface area is 101 Å². The highest BCUT2D eigenvalue weighted by molar-refractivity contribution is 6.23. The van der Waals surface area contributed by atoms with Crippen molar-refractivity contribution in [3.63, 3.8) is 0 Å². The maximum absolute atomic E-state index is 12.4. The second kappa shape index (κ2) is 5.06. The van der Waals surface area contributed by atoms with Crippen LogP contribution in [0, 0.1) is 0 Å². The molecule has 0 N–H and O–H groups in total. The first kappa shape index (κ1) is 13.3. The summed E-state index contributed by atoms with van der Waals surface area (Å²) >= 11 is 5.98. The van der Waals surface area contributed by atoms with Crippen LogP contribution in [0.4, 0.5) is 13.2 Å². The molecule has 1 rings (SSSR count). The van der Waals surface area contributed by atoms with Gasteiger partial charge in [0.1, 0.15) is 0 Å². The first-order valence-electron chi connectivity index (χ1n) is 4.49. The Hall–Kier alpha value is -0.743. The molecule has 1 aromatic rings. The minimum Gasteiger partial charge on any atom is -0.166 e. The van der Waals surface area contributed by atoms with Gasteiger partial charge in [0.25, 0.3) is 0 Å². The third-order valence-corrected chi connectivity index (χ3v) is 3.11. The summed E-state index contributed by atoms with van der Waals surface area (Å²) in [7, 11) is 3.21. The van der Waals surface area contributed by atoms with Gasteiger partial charge in [0.05, 0.1) is 10.9 Å². The van der Waals surface area contributed by atoms with Gasteiger partial charge in [-0.05, 0) is 23.7 Å². The Kier molecular flexibility index (Phi) is 4.21. The van der Waals surface area contributed by atoms with Gasteiger partial charge in [0.15, 0.2) is 0 Å². The summed E-state index contributed by atoms with van der Waals surface area (Å²) in [6, 6.07) is 5.41. The van der Waals surface area contributed by atoms with Crippen molar-refractivity contribution in [2.75, 3.05) is 0 Å². The predicted octanol–water partition coefficient (Wildman–Crippen LogP) is 4.13. The Morgan fingerprint density at radius 3 is 2.56 bits per heavy atom. The zero-order valence-electron chi connectivity index (χ0n) is 8.31. The van der Waals surface area contributed by atoms with Crippen LogP contribution in [0.2, 0.25) is 6.04 Å². The molecular weight excluding hydrogens is 253 g/mol. The molecule has 0 fully saturated rings. The van der Waals surface area contributed by atoms with Crippen LogP contribution in [0.3, 0.4) is 0 Å². The molecule has 1 aromatic carbocycles. The van der Waals surface area contributed by atoms with E-state index in [0.717, 1.165) is 12.1 Å². The third kappa shape index (κ3) is 3.12. The molecule has 0 aliphatic heterocycles. The maximum atomic E-state index is 12.4. The van der Waals surface area contributed by atoms with Crippen LogP contribution >= 0.6 is 11.6 Å². The van der Waals surface area contributed by atoms with E-state index in [1.807, 2.05) is 0 Å². The van der Waals surface area contributed by atoms with Crippen LogP contribution in [-0.2, 0) is 6.18 Å². The SMILES string of the molecule is C=C(C[Si])C(Cl)c1cccc(C(F)(F)F)c1. The van der Waals surface area contributed by atoms with Crippen LogP contribution in [0.15, 0.2) is 36.4 Å². The zero-order valence-corrected chi connectivity index (χ0v) is 10.1. The first-order valence-corrected chi connectivity index (χ1v) is 5.64. The minimum absolute atomic E-state index is 0.403. The Bertz CT molecular complexity index is 387. The maximum Gasteiger partial charge on any atom is 0.416 e. The van der Waals surface area contributed by atoms with Crippen molar-refractivity contribution < 1.29 is 13.2 Å². The van der Waals surface area contributed by atoms with E-state index >= 15 is 0 Å².